The smallest absolute Gasteiger partial charge is 0.0624 e. The van der Waals surface area contributed by atoms with Crippen LogP contribution in [0.3, 0.4) is 0 Å². The summed E-state index contributed by atoms with van der Waals surface area (Å²) in [7, 11) is 0. The van der Waals surface area contributed by atoms with Crippen molar-refractivity contribution < 1.29 is 0 Å². The molecule has 3 heteroatoms. The van der Waals surface area contributed by atoms with E-state index in [0.29, 0.717) is 0 Å². The van der Waals surface area contributed by atoms with E-state index in [1.54, 1.807) is 0 Å². The molecule has 0 aliphatic carbocycles. The van der Waals surface area contributed by atoms with E-state index in [1.165, 1.54) is 22.4 Å². The molecule has 0 saturated carbocycles. The maximum Gasteiger partial charge on any atom is 0.0624 e. The first-order chi connectivity index (χ1) is 9.55. The number of nitrogens with zero attached hydrogens (tertiary/aromatic N) is 2. The van der Waals surface area contributed by atoms with Gasteiger partial charge in [0.2, 0.25) is 0 Å². The first kappa shape index (κ1) is 14.8. The average molecular weight is 271 g/mol. The molecule has 2 rings (SSSR count). The predicted octanol–water partition coefficient (Wildman–Crippen LogP) is 3.32. The van der Waals surface area contributed by atoms with Crippen LogP contribution >= 0.6 is 0 Å². The van der Waals surface area contributed by atoms with Crippen LogP contribution in [0.4, 0.5) is 0 Å². The zero-order valence-electron chi connectivity index (χ0n) is 13.0. The molecule has 1 heterocycles. The summed E-state index contributed by atoms with van der Waals surface area (Å²) < 4.78 is 2.07. The standard InChI is InChI=1S/C17H25N3/c1-5-15-10-16(20(6-2)19-15)11-17(18)14-8-7-12(3)13(4)9-14/h7-10,17H,5-6,11,18H2,1-4H3. The van der Waals surface area contributed by atoms with Crippen molar-refractivity contribution in [1.82, 2.24) is 9.78 Å². The Hall–Kier alpha value is -1.61. The van der Waals surface area contributed by atoms with Gasteiger partial charge in [-0.2, -0.15) is 5.10 Å². The average Bonchev–Trinajstić information content (AvgIpc) is 2.84. The summed E-state index contributed by atoms with van der Waals surface area (Å²) in [5, 5.41) is 4.59. The lowest BCUT2D eigenvalue weighted by Crippen LogP contribution is -2.16. The van der Waals surface area contributed by atoms with Crippen molar-refractivity contribution in [1.29, 1.82) is 0 Å². The molecule has 0 amide bonds. The van der Waals surface area contributed by atoms with E-state index in [2.05, 4.69) is 61.7 Å². The van der Waals surface area contributed by atoms with Gasteiger partial charge < -0.3 is 5.73 Å². The summed E-state index contributed by atoms with van der Waals surface area (Å²) in [4.78, 5) is 0. The highest BCUT2D eigenvalue weighted by molar-refractivity contribution is 5.32. The van der Waals surface area contributed by atoms with E-state index in [1.807, 2.05) is 0 Å². The van der Waals surface area contributed by atoms with Gasteiger partial charge in [0.15, 0.2) is 0 Å². The monoisotopic (exact) mass is 271 g/mol. The van der Waals surface area contributed by atoms with Crippen LogP contribution in [0.25, 0.3) is 0 Å². The number of aromatic nitrogens is 2. The molecule has 1 unspecified atom stereocenters. The predicted molar refractivity (Wildman–Crippen MR) is 83.8 cm³/mol. The van der Waals surface area contributed by atoms with E-state index in [4.69, 9.17) is 5.73 Å². The molecule has 0 saturated heterocycles. The van der Waals surface area contributed by atoms with Gasteiger partial charge in [-0.3, -0.25) is 4.68 Å². The number of benzene rings is 1. The second-order valence-corrected chi connectivity index (χ2v) is 5.45. The quantitative estimate of drug-likeness (QED) is 0.906. The van der Waals surface area contributed by atoms with Gasteiger partial charge in [-0.1, -0.05) is 25.1 Å². The zero-order valence-corrected chi connectivity index (χ0v) is 13.0. The Labute approximate surface area is 121 Å². The Kier molecular flexibility index (Phi) is 4.61. The molecule has 20 heavy (non-hydrogen) atoms. The van der Waals surface area contributed by atoms with Gasteiger partial charge in [-0.15, -0.1) is 0 Å². The summed E-state index contributed by atoms with van der Waals surface area (Å²) in [6, 6.07) is 8.71. The van der Waals surface area contributed by atoms with Gasteiger partial charge in [0.1, 0.15) is 0 Å². The molecule has 3 nitrogen and oxygen atoms in total. The highest BCUT2D eigenvalue weighted by Crippen LogP contribution is 2.20. The van der Waals surface area contributed by atoms with E-state index in [-0.39, 0.29) is 6.04 Å². The first-order valence-corrected chi connectivity index (χ1v) is 7.43. The Morgan fingerprint density at radius 1 is 1.15 bits per heavy atom. The van der Waals surface area contributed by atoms with Crippen molar-refractivity contribution in [2.24, 2.45) is 5.73 Å². The van der Waals surface area contributed by atoms with Gasteiger partial charge in [0.05, 0.1) is 5.69 Å². The van der Waals surface area contributed by atoms with Crippen LogP contribution in [0.2, 0.25) is 0 Å². The minimum atomic E-state index is 0.0287. The van der Waals surface area contributed by atoms with Crippen LogP contribution < -0.4 is 5.73 Å². The summed E-state index contributed by atoms with van der Waals surface area (Å²) in [6.45, 7) is 9.42. The molecule has 0 aliphatic rings. The molecule has 0 fully saturated rings. The molecule has 1 atom stereocenters. The molecule has 2 aromatic rings. The molecule has 0 spiro atoms. The van der Waals surface area contributed by atoms with Crippen LogP contribution in [0.15, 0.2) is 24.3 Å². The summed E-state index contributed by atoms with van der Waals surface area (Å²) in [6.07, 6.45) is 1.81. The largest absolute Gasteiger partial charge is 0.324 e. The lowest BCUT2D eigenvalue weighted by Gasteiger charge is -2.14. The SMILES string of the molecule is CCc1cc(CC(N)c2ccc(C)c(C)c2)n(CC)n1. The number of hydrogen-bond acceptors (Lipinski definition) is 2. The summed E-state index contributed by atoms with van der Waals surface area (Å²) >= 11 is 0. The second-order valence-electron chi connectivity index (χ2n) is 5.45. The number of aryl methyl sites for hydroxylation is 4. The Morgan fingerprint density at radius 2 is 1.90 bits per heavy atom. The van der Waals surface area contributed by atoms with Gasteiger partial charge in [0, 0.05) is 24.7 Å². The first-order valence-electron chi connectivity index (χ1n) is 7.43. The fourth-order valence-corrected chi connectivity index (χ4v) is 2.46. The molecular formula is C17H25N3. The molecule has 1 aromatic carbocycles. The molecule has 0 aliphatic heterocycles. The van der Waals surface area contributed by atoms with Crippen molar-refractivity contribution >= 4 is 0 Å². The van der Waals surface area contributed by atoms with Crippen molar-refractivity contribution in [3.05, 3.63) is 52.3 Å². The highest BCUT2D eigenvalue weighted by atomic mass is 15.3. The Bertz CT molecular complexity index is 584. The minimum Gasteiger partial charge on any atom is -0.324 e. The van der Waals surface area contributed by atoms with Gasteiger partial charge >= 0.3 is 0 Å². The molecule has 2 N–H and O–H groups in total. The van der Waals surface area contributed by atoms with Gasteiger partial charge in [0.25, 0.3) is 0 Å². The number of hydrogen-bond donors (Lipinski definition) is 1. The maximum absolute atomic E-state index is 6.38. The van der Waals surface area contributed by atoms with E-state index in [9.17, 15) is 0 Å². The van der Waals surface area contributed by atoms with Crippen molar-refractivity contribution in [3.8, 4) is 0 Å². The molecular weight excluding hydrogens is 246 g/mol. The van der Waals surface area contributed by atoms with Crippen LogP contribution in [-0.4, -0.2) is 9.78 Å². The third-order valence-corrected chi connectivity index (χ3v) is 3.96. The second kappa shape index (κ2) is 6.23. The topological polar surface area (TPSA) is 43.8 Å². The van der Waals surface area contributed by atoms with E-state index < -0.39 is 0 Å². The van der Waals surface area contributed by atoms with Crippen molar-refractivity contribution in [2.45, 2.75) is 53.1 Å². The molecule has 1 aromatic heterocycles. The van der Waals surface area contributed by atoms with Gasteiger partial charge in [-0.25, -0.2) is 0 Å². The summed E-state index contributed by atoms with van der Waals surface area (Å²) in [5.41, 5.74) is 12.6. The normalized spacial score (nSPS) is 12.7. The van der Waals surface area contributed by atoms with E-state index in [0.717, 1.165) is 25.1 Å². The minimum absolute atomic E-state index is 0.0287. The third kappa shape index (κ3) is 3.10. The maximum atomic E-state index is 6.38. The molecule has 0 bridgehead atoms. The van der Waals surface area contributed by atoms with Crippen LogP contribution in [0, 0.1) is 13.8 Å². The van der Waals surface area contributed by atoms with Gasteiger partial charge in [-0.05, 0) is 49.9 Å². The highest BCUT2D eigenvalue weighted by Gasteiger charge is 2.12. The van der Waals surface area contributed by atoms with Crippen LogP contribution in [0.5, 0.6) is 0 Å². The summed E-state index contributed by atoms with van der Waals surface area (Å²) in [5.74, 6) is 0. The molecule has 0 radical (unpaired) electrons. The Morgan fingerprint density at radius 3 is 2.50 bits per heavy atom. The fraction of sp³-hybridized carbons (Fsp3) is 0.471. The van der Waals surface area contributed by atoms with Crippen molar-refractivity contribution in [3.63, 3.8) is 0 Å². The lowest BCUT2D eigenvalue weighted by molar-refractivity contribution is 0.585. The Balaban J connectivity index is 2.20. The third-order valence-electron chi connectivity index (χ3n) is 3.96. The lowest BCUT2D eigenvalue weighted by atomic mass is 9.98. The van der Waals surface area contributed by atoms with E-state index >= 15 is 0 Å². The van der Waals surface area contributed by atoms with Crippen LogP contribution in [0.1, 0.15) is 48.0 Å². The number of nitrogens with two attached hydrogens (primary N) is 1. The zero-order chi connectivity index (χ0) is 14.7. The van der Waals surface area contributed by atoms with Crippen LogP contribution in [-0.2, 0) is 19.4 Å². The molecule has 108 valence electrons. The van der Waals surface area contributed by atoms with Crippen molar-refractivity contribution in [2.75, 3.05) is 0 Å². The fourth-order valence-electron chi connectivity index (χ4n) is 2.46. The number of rotatable bonds is 5.